The number of para-hydroxylation sites is 1. The number of hydrogen-bond acceptors (Lipinski definition) is 2. The molecule has 0 saturated carbocycles. The Morgan fingerprint density at radius 1 is 1.47 bits per heavy atom. The van der Waals surface area contributed by atoms with Crippen molar-refractivity contribution in [2.24, 2.45) is 0 Å². The minimum atomic E-state index is -0.945. The van der Waals surface area contributed by atoms with Crippen LogP contribution in [0.25, 0.3) is 0 Å². The number of nitrogens with one attached hydrogen (secondary N) is 1. The van der Waals surface area contributed by atoms with Crippen molar-refractivity contribution in [3.8, 4) is 5.75 Å². The van der Waals surface area contributed by atoms with Gasteiger partial charge in [-0.2, -0.15) is 0 Å². The molecule has 2 rings (SSSR count). The van der Waals surface area contributed by atoms with Crippen LogP contribution in [0.15, 0.2) is 24.3 Å². The van der Waals surface area contributed by atoms with E-state index in [0.29, 0.717) is 12.0 Å². The second-order valence-corrected chi connectivity index (χ2v) is 4.26. The topological polar surface area (TPSA) is 32.3 Å². The van der Waals surface area contributed by atoms with Crippen LogP contribution in [0.2, 0.25) is 0 Å². The normalized spacial score (nSPS) is 31.5. The lowest BCUT2D eigenvalue weighted by Crippen LogP contribution is -2.51. The van der Waals surface area contributed by atoms with Gasteiger partial charge in [0.25, 0.3) is 0 Å². The fourth-order valence-electron chi connectivity index (χ4n) is 2.21. The highest BCUT2D eigenvalue weighted by Crippen LogP contribution is 2.36. The van der Waals surface area contributed by atoms with Gasteiger partial charge in [0.15, 0.2) is 0 Å². The Hall–Kier alpha value is -1.09. The first-order valence-corrected chi connectivity index (χ1v) is 5.32. The van der Waals surface area contributed by atoms with Crippen molar-refractivity contribution in [2.75, 3.05) is 6.54 Å². The predicted molar refractivity (Wildman–Crippen MR) is 57.6 cm³/mol. The van der Waals surface area contributed by atoms with Crippen molar-refractivity contribution in [3.63, 3.8) is 0 Å². The Labute approximate surface area is 89.1 Å². The van der Waals surface area contributed by atoms with Crippen molar-refractivity contribution in [2.45, 2.75) is 31.5 Å². The molecule has 0 amide bonds. The lowest BCUT2D eigenvalue weighted by Gasteiger charge is -2.38. The van der Waals surface area contributed by atoms with Crippen molar-refractivity contribution in [1.29, 1.82) is 0 Å². The van der Waals surface area contributed by atoms with E-state index in [2.05, 4.69) is 5.32 Å². The summed E-state index contributed by atoms with van der Waals surface area (Å²) < 4.78 is 13.9. The first-order chi connectivity index (χ1) is 7.14. The predicted octanol–water partition coefficient (Wildman–Crippen LogP) is 2.33. The van der Waals surface area contributed by atoms with Gasteiger partial charge in [-0.15, -0.1) is 0 Å². The molecule has 2 N–H and O–H groups in total. The van der Waals surface area contributed by atoms with Crippen LogP contribution in [0.5, 0.6) is 5.75 Å². The lowest BCUT2D eigenvalue weighted by atomic mass is 9.82. The van der Waals surface area contributed by atoms with Crippen molar-refractivity contribution in [1.82, 2.24) is 5.32 Å². The Morgan fingerprint density at radius 2 is 2.20 bits per heavy atom. The average Bonchev–Trinajstić information content (AvgIpc) is 2.23. The van der Waals surface area contributed by atoms with Crippen LogP contribution in [0.1, 0.15) is 25.3 Å². The summed E-state index contributed by atoms with van der Waals surface area (Å²) in [5, 5.41) is 12.9. The van der Waals surface area contributed by atoms with E-state index in [9.17, 15) is 9.50 Å². The van der Waals surface area contributed by atoms with E-state index in [1.807, 2.05) is 13.0 Å². The molecular weight excluding hydrogens is 193 g/mol. The average molecular weight is 209 g/mol. The number of phenols is 1. The van der Waals surface area contributed by atoms with E-state index < -0.39 is 11.7 Å². The van der Waals surface area contributed by atoms with E-state index >= 15 is 0 Å². The van der Waals surface area contributed by atoms with Crippen molar-refractivity contribution < 1.29 is 9.50 Å². The molecular formula is C12H16FNO. The summed E-state index contributed by atoms with van der Waals surface area (Å²) in [5.41, 5.74) is -0.0962. The Bertz CT molecular complexity index is 355. The summed E-state index contributed by atoms with van der Waals surface area (Å²) in [5.74, 6) is 0.164. The molecule has 1 aromatic carbocycles. The Morgan fingerprint density at radius 3 is 2.87 bits per heavy atom. The molecule has 1 saturated heterocycles. The largest absolute Gasteiger partial charge is 0.508 e. The van der Waals surface area contributed by atoms with E-state index in [1.165, 1.54) is 0 Å². The van der Waals surface area contributed by atoms with Crippen LogP contribution in [0.3, 0.4) is 0 Å². The zero-order valence-electron chi connectivity index (χ0n) is 8.83. The summed E-state index contributed by atoms with van der Waals surface area (Å²) >= 11 is 0. The Balaban J connectivity index is 2.39. The molecule has 3 heteroatoms. The Kier molecular flexibility index (Phi) is 2.65. The van der Waals surface area contributed by atoms with Gasteiger partial charge in [0.1, 0.15) is 11.9 Å². The number of alkyl halides is 1. The van der Waals surface area contributed by atoms with E-state index in [1.54, 1.807) is 18.2 Å². The summed E-state index contributed by atoms with van der Waals surface area (Å²) in [6, 6.07) is 6.95. The summed E-state index contributed by atoms with van der Waals surface area (Å²) in [6.07, 6.45) is 0.460. The van der Waals surface area contributed by atoms with Gasteiger partial charge >= 0.3 is 0 Å². The molecule has 15 heavy (non-hydrogen) atoms. The lowest BCUT2D eigenvalue weighted by molar-refractivity contribution is 0.118. The van der Waals surface area contributed by atoms with Gasteiger partial charge in [0.05, 0.1) is 5.54 Å². The molecule has 0 bridgehead atoms. The van der Waals surface area contributed by atoms with Gasteiger partial charge in [-0.25, -0.2) is 4.39 Å². The number of phenolic OH excluding ortho intramolecular Hbond substituents is 1. The highest BCUT2D eigenvalue weighted by molar-refractivity contribution is 5.38. The molecule has 82 valence electrons. The van der Waals surface area contributed by atoms with Crippen LogP contribution in [0.4, 0.5) is 4.39 Å². The van der Waals surface area contributed by atoms with E-state index in [0.717, 1.165) is 13.0 Å². The summed E-state index contributed by atoms with van der Waals surface area (Å²) in [4.78, 5) is 0. The van der Waals surface area contributed by atoms with Crippen molar-refractivity contribution in [3.05, 3.63) is 29.8 Å². The third kappa shape index (κ3) is 1.72. The van der Waals surface area contributed by atoms with E-state index in [4.69, 9.17) is 0 Å². The number of piperidine rings is 1. The smallest absolute Gasteiger partial charge is 0.122 e. The quantitative estimate of drug-likeness (QED) is 0.744. The van der Waals surface area contributed by atoms with Gasteiger partial charge in [-0.3, -0.25) is 0 Å². The molecule has 2 atom stereocenters. The minimum Gasteiger partial charge on any atom is -0.508 e. The van der Waals surface area contributed by atoms with Gasteiger partial charge in [0, 0.05) is 5.56 Å². The maximum Gasteiger partial charge on any atom is 0.122 e. The zero-order chi connectivity index (χ0) is 10.9. The fourth-order valence-corrected chi connectivity index (χ4v) is 2.21. The monoisotopic (exact) mass is 209 g/mol. The summed E-state index contributed by atoms with van der Waals surface area (Å²) in [7, 11) is 0. The number of hydrogen-bond donors (Lipinski definition) is 2. The van der Waals surface area contributed by atoms with Gasteiger partial charge in [-0.05, 0) is 32.4 Å². The summed E-state index contributed by atoms with van der Waals surface area (Å²) in [6.45, 7) is 2.61. The second-order valence-electron chi connectivity index (χ2n) is 4.26. The van der Waals surface area contributed by atoms with Crippen molar-refractivity contribution >= 4 is 0 Å². The van der Waals surface area contributed by atoms with Crippen LogP contribution >= 0.6 is 0 Å². The van der Waals surface area contributed by atoms with Gasteiger partial charge in [-0.1, -0.05) is 18.2 Å². The first-order valence-electron chi connectivity index (χ1n) is 5.32. The molecule has 1 aliphatic heterocycles. The number of rotatable bonds is 1. The number of benzene rings is 1. The highest BCUT2D eigenvalue weighted by Gasteiger charge is 2.39. The van der Waals surface area contributed by atoms with Crippen LogP contribution in [0, 0.1) is 0 Å². The SMILES string of the molecule is CC1(c2ccccc2O)NCCCC1F. The molecule has 0 radical (unpaired) electrons. The van der Waals surface area contributed by atoms with Gasteiger partial charge in [0.2, 0.25) is 0 Å². The molecule has 2 nitrogen and oxygen atoms in total. The molecule has 1 fully saturated rings. The third-order valence-corrected chi connectivity index (χ3v) is 3.22. The number of halogens is 1. The molecule has 0 aliphatic carbocycles. The molecule has 1 heterocycles. The highest BCUT2D eigenvalue weighted by atomic mass is 19.1. The van der Waals surface area contributed by atoms with E-state index in [-0.39, 0.29) is 5.75 Å². The molecule has 1 aliphatic rings. The molecule has 2 unspecified atom stereocenters. The molecule has 0 spiro atoms. The van der Waals surface area contributed by atoms with Crippen LogP contribution < -0.4 is 5.32 Å². The molecule has 0 aromatic heterocycles. The second kappa shape index (κ2) is 3.81. The standard InChI is InChI=1S/C12H16FNO/c1-12(11(13)7-4-8-14-12)9-5-2-3-6-10(9)15/h2-3,5-6,11,14-15H,4,7-8H2,1H3. The minimum absolute atomic E-state index is 0.164. The fraction of sp³-hybridized carbons (Fsp3) is 0.500. The van der Waals surface area contributed by atoms with Crippen LogP contribution in [-0.2, 0) is 5.54 Å². The van der Waals surface area contributed by atoms with Gasteiger partial charge < -0.3 is 10.4 Å². The molecule has 1 aromatic rings. The first kappa shape index (κ1) is 10.4. The maximum absolute atomic E-state index is 13.9. The zero-order valence-corrected chi connectivity index (χ0v) is 8.83. The third-order valence-electron chi connectivity index (χ3n) is 3.22. The van der Waals surface area contributed by atoms with Crippen LogP contribution in [-0.4, -0.2) is 17.8 Å². The number of aromatic hydroxyl groups is 1. The maximum atomic E-state index is 13.9.